The maximum atomic E-state index is 9.44. The number of aliphatic hydroxyl groups excluding tert-OH is 1. The number of hydrogen-bond acceptors (Lipinski definition) is 4. The van der Waals surface area contributed by atoms with Crippen LogP contribution in [0.1, 0.15) is 34.1 Å². The summed E-state index contributed by atoms with van der Waals surface area (Å²) < 4.78 is 5.65. The van der Waals surface area contributed by atoms with Gasteiger partial charge in [0.2, 0.25) is 0 Å². The van der Waals surface area contributed by atoms with E-state index in [2.05, 4.69) is 37.9 Å². The number of morpholine rings is 1. The van der Waals surface area contributed by atoms with E-state index in [1.165, 1.54) is 0 Å². The molecule has 4 unspecified atom stereocenters. The molecule has 0 saturated carbocycles. The Morgan fingerprint density at radius 2 is 2.18 bits per heavy atom. The van der Waals surface area contributed by atoms with Gasteiger partial charge in [0, 0.05) is 24.2 Å². The molecule has 1 saturated heterocycles. The number of hydrogen-bond donors (Lipinski definition) is 2. The van der Waals surface area contributed by atoms with Crippen LogP contribution >= 0.6 is 0 Å². The van der Waals surface area contributed by atoms with Gasteiger partial charge < -0.3 is 15.2 Å². The molecular weight excluding hydrogens is 216 g/mol. The summed E-state index contributed by atoms with van der Waals surface area (Å²) in [5, 5.41) is 12.7. The van der Waals surface area contributed by atoms with Crippen LogP contribution < -0.4 is 5.32 Å². The van der Waals surface area contributed by atoms with E-state index in [1.54, 1.807) is 0 Å². The Kier molecular flexibility index (Phi) is 5.38. The van der Waals surface area contributed by atoms with Crippen LogP contribution in [-0.2, 0) is 4.74 Å². The molecule has 0 aromatic rings. The van der Waals surface area contributed by atoms with Crippen LogP contribution in [0.2, 0.25) is 0 Å². The molecule has 2 N–H and O–H groups in total. The minimum Gasteiger partial charge on any atom is -0.394 e. The lowest BCUT2D eigenvalue weighted by Gasteiger charge is -2.43. The van der Waals surface area contributed by atoms with Gasteiger partial charge in [-0.25, -0.2) is 0 Å². The zero-order chi connectivity index (χ0) is 13.1. The second kappa shape index (κ2) is 6.14. The molecule has 1 aliphatic heterocycles. The van der Waals surface area contributed by atoms with Crippen molar-refractivity contribution in [2.45, 2.75) is 57.8 Å². The van der Waals surface area contributed by atoms with Crippen molar-refractivity contribution >= 4 is 0 Å². The first kappa shape index (κ1) is 14.9. The summed E-state index contributed by atoms with van der Waals surface area (Å²) in [6, 6.07) is 0.905. The van der Waals surface area contributed by atoms with Gasteiger partial charge in [-0.1, -0.05) is 0 Å². The molecule has 1 heterocycles. The van der Waals surface area contributed by atoms with Gasteiger partial charge >= 0.3 is 0 Å². The number of nitrogens with zero attached hydrogens (tertiary/aromatic N) is 1. The Labute approximate surface area is 105 Å². The monoisotopic (exact) mass is 244 g/mol. The third kappa shape index (κ3) is 3.91. The van der Waals surface area contributed by atoms with Crippen molar-refractivity contribution in [1.82, 2.24) is 10.2 Å². The van der Waals surface area contributed by atoms with Crippen LogP contribution in [0.3, 0.4) is 0 Å². The van der Waals surface area contributed by atoms with Gasteiger partial charge in [-0.3, -0.25) is 4.90 Å². The highest BCUT2D eigenvalue weighted by atomic mass is 16.5. The second-order valence-electron chi connectivity index (χ2n) is 5.71. The van der Waals surface area contributed by atoms with Gasteiger partial charge in [0.25, 0.3) is 0 Å². The van der Waals surface area contributed by atoms with E-state index in [0.717, 1.165) is 19.6 Å². The minimum atomic E-state index is -0.194. The minimum absolute atomic E-state index is 0.169. The molecule has 4 heteroatoms. The van der Waals surface area contributed by atoms with Gasteiger partial charge in [-0.15, -0.1) is 0 Å². The van der Waals surface area contributed by atoms with Crippen molar-refractivity contribution in [3.63, 3.8) is 0 Å². The molecular formula is C13H28N2O2. The van der Waals surface area contributed by atoms with E-state index < -0.39 is 0 Å². The van der Waals surface area contributed by atoms with Crippen molar-refractivity contribution in [1.29, 1.82) is 0 Å². The number of rotatable bonds is 5. The van der Waals surface area contributed by atoms with Gasteiger partial charge in [0.05, 0.1) is 19.3 Å². The van der Waals surface area contributed by atoms with Gasteiger partial charge in [0.1, 0.15) is 0 Å². The molecule has 0 aromatic heterocycles. The normalized spacial score (nSPS) is 32.1. The van der Waals surface area contributed by atoms with E-state index in [0.29, 0.717) is 18.2 Å². The van der Waals surface area contributed by atoms with Crippen molar-refractivity contribution in [2.24, 2.45) is 0 Å². The van der Waals surface area contributed by atoms with E-state index >= 15 is 0 Å². The number of ether oxygens (including phenoxy) is 1. The molecule has 0 aliphatic carbocycles. The summed E-state index contributed by atoms with van der Waals surface area (Å²) in [5.41, 5.74) is -0.194. The van der Waals surface area contributed by atoms with Crippen LogP contribution in [0.15, 0.2) is 0 Å². The molecule has 17 heavy (non-hydrogen) atoms. The third-order valence-corrected chi connectivity index (χ3v) is 3.92. The highest BCUT2D eigenvalue weighted by Gasteiger charge is 2.31. The van der Waals surface area contributed by atoms with E-state index in [-0.39, 0.29) is 12.1 Å². The highest BCUT2D eigenvalue weighted by Crippen LogP contribution is 2.21. The predicted octanol–water partition coefficient (Wildman–Crippen LogP) is 0.845. The first-order valence-corrected chi connectivity index (χ1v) is 6.59. The van der Waals surface area contributed by atoms with Gasteiger partial charge in [-0.2, -0.15) is 0 Å². The standard InChI is InChI=1S/C13H28N2O2/c1-10(6-13(4,9-16)14-5)15-7-12(3)17-8-11(15)2/h10-12,14,16H,6-9H2,1-5H3. The average Bonchev–Trinajstić information content (AvgIpc) is 2.32. The third-order valence-electron chi connectivity index (χ3n) is 3.92. The molecule has 102 valence electrons. The van der Waals surface area contributed by atoms with Crippen molar-refractivity contribution in [3.8, 4) is 0 Å². The molecule has 0 bridgehead atoms. The van der Waals surface area contributed by atoms with Crippen LogP contribution in [0.4, 0.5) is 0 Å². The first-order valence-electron chi connectivity index (χ1n) is 6.59. The Hall–Kier alpha value is -0.160. The summed E-state index contributed by atoms with van der Waals surface area (Å²) >= 11 is 0. The molecule has 0 aromatic carbocycles. The van der Waals surface area contributed by atoms with Crippen molar-refractivity contribution < 1.29 is 9.84 Å². The number of aliphatic hydroxyl groups is 1. The fourth-order valence-electron chi connectivity index (χ4n) is 2.56. The Balaban J connectivity index is 2.58. The largest absolute Gasteiger partial charge is 0.394 e. The molecule has 0 radical (unpaired) electrons. The summed E-state index contributed by atoms with van der Waals surface area (Å²) in [6.07, 6.45) is 1.25. The summed E-state index contributed by atoms with van der Waals surface area (Å²) in [6.45, 7) is 10.6. The molecule has 1 fully saturated rings. The molecule has 0 spiro atoms. The number of nitrogens with one attached hydrogen (secondary N) is 1. The lowest BCUT2D eigenvalue weighted by Crippen LogP contribution is -2.55. The lowest BCUT2D eigenvalue weighted by atomic mass is 9.93. The quantitative estimate of drug-likeness (QED) is 0.752. The van der Waals surface area contributed by atoms with Gasteiger partial charge in [-0.05, 0) is 41.2 Å². The molecule has 4 nitrogen and oxygen atoms in total. The fourth-order valence-corrected chi connectivity index (χ4v) is 2.56. The molecule has 1 rings (SSSR count). The molecule has 0 amide bonds. The Bertz CT molecular complexity index is 231. The van der Waals surface area contributed by atoms with Crippen LogP contribution in [-0.4, -0.2) is 60.5 Å². The zero-order valence-electron chi connectivity index (χ0n) is 11.9. The van der Waals surface area contributed by atoms with Crippen LogP contribution in [0.5, 0.6) is 0 Å². The predicted molar refractivity (Wildman–Crippen MR) is 70.2 cm³/mol. The van der Waals surface area contributed by atoms with E-state index in [4.69, 9.17) is 4.74 Å². The highest BCUT2D eigenvalue weighted by molar-refractivity contribution is 4.88. The van der Waals surface area contributed by atoms with Gasteiger partial charge in [0.15, 0.2) is 0 Å². The summed E-state index contributed by atoms with van der Waals surface area (Å²) in [7, 11) is 1.91. The maximum absolute atomic E-state index is 9.44. The van der Waals surface area contributed by atoms with Crippen molar-refractivity contribution in [3.05, 3.63) is 0 Å². The molecule has 1 aliphatic rings. The number of likely N-dealkylation sites (N-methyl/N-ethyl adjacent to an activating group) is 1. The molecule has 4 atom stereocenters. The van der Waals surface area contributed by atoms with Crippen LogP contribution in [0.25, 0.3) is 0 Å². The van der Waals surface area contributed by atoms with Crippen LogP contribution in [0, 0.1) is 0 Å². The fraction of sp³-hybridized carbons (Fsp3) is 1.00. The second-order valence-corrected chi connectivity index (χ2v) is 5.71. The lowest BCUT2D eigenvalue weighted by molar-refractivity contribution is -0.0684. The van der Waals surface area contributed by atoms with Crippen molar-refractivity contribution in [2.75, 3.05) is 26.8 Å². The first-order chi connectivity index (χ1) is 7.91. The van der Waals surface area contributed by atoms with E-state index in [9.17, 15) is 5.11 Å². The maximum Gasteiger partial charge on any atom is 0.0674 e. The SMILES string of the molecule is CNC(C)(CO)CC(C)N1CC(C)OCC1C. The Morgan fingerprint density at radius 3 is 2.71 bits per heavy atom. The smallest absolute Gasteiger partial charge is 0.0674 e. The van der Waals surface area contributed by atoms with E-state index in [1.807, 2.05) is 7.05 Å². The zero-order valence-corrected chi connectivity index (χ0v) is 11.9. The topological polar surface area (TPSA) is 44.7 Å². The summed E-state index contributed by atoms with van der Waals surface area (Å²) in [5.74, 6) is 0. The summed E-state index contributed by atoms with van der Waals surface area (Å²) in [4.78, 5) is 2.49. The average molecular weight is 244 g/mol. The Morgan fingerprint density at radius 1 is 1.53 bits per heavy atom.